The highest BCUT2D eigenvalue weighted by Crippen LogP contribution is 2.50. The molecule has 8 aromatic carbocycles. The second kappa shape index (κ2) is 10.5. The van der Waals surface area contributed by atoms with Crippen LogP contribution in [0.2, 0.25) is 0 Å². The average Bonchev–Trinajstić information content (AvgIpc) is 3.50. The lowest BCUT2D eigenvalue weighted by Gasteiger charge is -2.31. The molecular weight excluding hydrogens is 544 g/mol. The fourth-order valence-electron chi connectivity index (χ4n) is 7.56. The minimum atomic E-state index is 0.0985. The highest BCUT2D eigenvalue weighted by Gasteiger charge is 2.43. The third-order valence-electron chi connectivity index (χ3n) is 9.62. The van der Waals surface area contributed by atoms with Crippen molar-refractivity contribution >= 4 is 54.5 Å². The van der Waals surface area contributed by atoms with Crippen LogP contribution in [0.4, 0.5) is 11.4 Å². The Morgan fingerprint density at radius 2 is 0.689 bits per heavy atom. The molecule has 1 fully saturated rings. The van der Waals surface area contributed by atoms with Crippen LogP contribution < -0.4 is 9.80 Å². The Kier molecular flexibility index (Phi) is 6.05. The monoisotopic (exact) mass is 576 g/mol. The highest BCUT2D eigenvalue weighted by molar-refractivity contribution is 6.06. The summed E-state index contributed by atoms with van der Waals surface area (Å²) in [5.74, 6) is 0. The van der Waals surface area contributed by atoms with Crippen LogP contribution in [0.25, 0.3) is 43.1 Å². The fraction of sp³-hybridized carbons (Fsp3) is 0.0698. The van der Waals surface area contributed by atoms with E-state index in [1.165, 1.54) is 65.6 Å². The predicted molar refractivity (Wildman–Crippen MR) is 191 cm³/mol. The normalized spacial score (nSPS) is 16.7. The van der Waals surface area contributed by atoms with Crippen molar-refractivity contribution < 1.29 is 0 Å². The first-order chi connectivity index (χ1) is 22.3. The topological polar surface area (TPSA) is 6.48 Å². The number of hydrogen-bond donors (Lipinski definition) is 0. The zero-order chi connectivity index (χ0) is 29.7. The Morgan fingerprint density at radius 3 is 1.11 bits per heavy atom. The maximum Gasteiger partial charge on any atom is 0.0917 e. The Hall–Kier alpha value is -5.60. The summed E-state index contributed by atoms with van der Waals surface area (Å²) in [4.78, 5) is 5.29. The maximum atomic E-state index is 2.64. The molecule has 0 amide bonds. The Morgan fingerprint density at radius 1 is 0.333 bits per heavy atom. The highest BCUT2D eigenvalue weighted by atomic mass is 15.4. The summed E-state index contributed by atoms with van der Waals surface area (Å²) in [5, 5.41) is 10.2. The van der Waals surface area contributed by atoms with Gasteiger partial charge in [-0.25, -0.2) is 0 Å². The summed E-state index contributed by atoms with van der Waals surface area (Å²) in [6.45, 7) is 0.761. The molecule has 0 N–H and O–H groups in total. The SMILES string of the molecule is c1ccc(C2C(c3ccccc3)N(c3cccc4cc5ccccc5cc34)CN2c2cccc3cc4ccccc4cc23)cc1. The third kappa shape index (κ3) is 4.33. The largest absolute Gasteiger partial charge is 0.344 e. The minimum absolute atomic E-state index is 0.0985. The summed E-state index contributed by atoms with van der Waals surface area (Å²) < 4.78 is 0. The van der Waals surface area contributed by atoms with Crippen LogP contribution >= 0.6 is 0 Å². The molecule has 0 aliphatic carbocycles. The van der Waals surface area contributed by atoms with Crippen molar-refractivity contribution in [3.05, 3.63) is 181 Å². The molecule has 0 saturated carbocycles. The minimum Gasteiger partial charge on any atom is -0.344 e. The Labute approximate surface area is 263 Å². The van der Waals surface area contributed by atoms with Crippen molar-refractivity contribution in [1.29, 1.82) is 0 Å². The summed E-state index contributed by atoms with van der Waals surface area (Å²) in [5.41, 5.74) is 5.16. The molecule has 0 radical (unpaired) electrons. The summed E-state index contributed by atoms with van der Waals surface area (Å²) in [6, 6.07) is 62.8. The van der Waals surface area contributed by atoms with Crippen LogP contribution in [0.5, 0.6) is 0 Å². The molecule has 1 aliphatic rings. The number of benzene rings is 8. The van der Waals surface area contributed by atoms with E-state index in [1.54, 1.807) is 0 Å². The van der Waals surface area contributed by atoms with Crippen molar-refractivity contribution in [3.63, 3.8) is 0 Å². The van der Waals surface area contributed by atoms with Gasteiger partial charge in [-0.05, 0) is 79.8 Å². The summed E-state index contributed by atoms with van der Waals surface area (Å²) >= 11 is 0. The lowest BCUT2D eigenvalue weighted by molar-refractivity contribution is 0.620. The molecule has 214 valence electrons. The third-order valence-corrected chi connectivity index (χ3v) is 9.62. The second-order valence-corrected chi connectivity index (χ2v) is 12.2. The van der Waals surface area contributed by atoms with Gasteiger partial charge in [-0.15, -0.1) is 0 Å². The molecule has 0 spiro atoms. The Balaban J connectivity index is 1.31. The van der Waals surface area contributed by atoms with Crippen molar-refractivity contribution in [3.8, 4) is 0 Å². The number of nitrogens with zero attached hydrogens (tertiary/aromatic N) is 2. The van der Waals surface area contributed by atoms with Crippen LogP contribution in [-0.4, -0.2) is 6.67 Å². The molecule has 1 aliphatic heterocycles. The quantitative estimate of drug-likeness (QED) is 0.192. The molecule has 2 nitrogen and oxygen atoms in total. The van der Waals surface area contributed by atoms with Crippen LogP contribution in [0, 0.1) is 0 Å². The zero-order valence-electron chi connectivity index (χ0n) is 24.9. The van der Waals surface area contributed by atoms with E-state index in [-0.39, 0.29) is 12.1 Å². The molecule has 2 unspecified atom stereocenters. The standard InChI is InChI=1S/C43H32N2/c1-3-13-30(14-4-1)42-43(31-15-5-2-6-16-31)45(41-24-12-22-37-26-33-18-8-10-20-35(33)28-39(37)41)29-44(42)40-23-11-21-36-25-32-17-7-9-19-34(32)27-38(36)40/h1-28,42-43H,29H2. The van der Waals surface area contributed by atoms with E-state index in [4.69, 9.17) is 0 Å². The van der Waals surface area contributed by atoms with E-state index in [1.807, 2.05) is 0 Å². The average molecular weight is 577 g/mol. The van der Waals surface area contributed by atoms with Gasteiger partial charge in [0.15, 0.2) is 0 Å². The zero-order valence-corrected chi connectivity index (χ0v) is 24.9. The van der Waals surface area contributed by atoms with Gasteiger partial charge in [-0.2, -0.15) is 0 Å². The van der Waals surface area contributed by atoms with Crippen LogP contribution in [-0.2, 0) is 0 Å². The van der Waals surface area contributed by atoms with Gasteiger partial charge in [0.2, 0.25) is 0 Å². The molecule has 1 saturated heterocycles. The van der Waals surface area contributed by atoms with Gasteiger partial charge in [-0.1, -0.05) is 133 Å². The van der Waals surface area contributed by atoms with E-state index in [2.05, 4.69) is 180 Å². The number of hydrogen-bond acceptors (Lipinski definition) is 2. The van der Waals surface area contributed by atoms with Crippen LogP contribution in [0.15, 0.2) is 170 Å². The molecule has 0 aromatic heterocycles. The molecule has 1 heterocycles. The second-order valence-electron chi connectivity index (χ2n) is 12.2. The Bertz CT molecular complexity index is 2160. The van der Waals surface area contributed by atoms with Crippen molar-refractivity contribution in [2.75, 3.05) is 16.5 Å². The van der Waals surface area contributed by atoms with Gasteiger partial charge in [0.25, 0.3) is 0 Å². The molecule has 9 rings (SSSR count). The van der Waals surface area contributed by atoms with E-state index in [0.717, 1.165) is 6.67 Å². The first-order valence-corrected chi connectivity index (χ1v) is 15.8. The lowest BCUT2D eigenvalue weighted by atomic mass is 9.91. The predicted octanol–water partition coefficient (Wildman–Crippen LogP) is 11.1. The number of rotatable bonds is 4. The van der Waals surface area contributed by atoms with Crippen molar-refractivity contribution in [2.24, 2.45) is 0 Å². The van der Waals surface area contributed by atoms with E-state index < -0.39 is 0 Å². The van der Waals surface area contributed by atoms with E-state index >= 15 is 0 Å². The molecule has 2 atom stereocenters. The molecule has 2 heteroatoms. The number of anilines is 2. The molecular formula is C43H32N2. The van der Waals surface area contributed by atoms with Crippen LogP contribution in [0.1, 0.15) is 23.2 Å². The smallest absolute Gasteiger partial charge is 0.0917 e. The van der Waals surface area contributed by atoms with E-state index in [0.29, 0.717) is 0 Å². The fourth-order valence-corrected chi connectivity index (χ4v) is 7.56. The van der Waals surface area contributed by atoms with Gasteiger partial charge in [0.05, 0.1) is 18.8 Å². The summed E-state index contributed by atoms with van der Waals surface area (Å²) in [6.07, 6.45) is 0. The van der Waals surface area contributed by atoms with Gasteiger partial charge < -0.3 is 9.80 Å². The molecule has 45 heavy (non-hydrogen) atoms. The molecule has 8 aromatic rings. The number of fused-ring (bicyclic) bond motifs is 4. The van der Waals surface area contributed by atoms with Gasteiger partial charge >= 0.3 is 0 Å². The first kappa shape index (κ1) is 25.9. The summed E-state index contributed by atoms with van der Waals surface area (Å²) in [7, 11) is 0. The van der Waals surface area contributed by atoms with E-state index in [9.17, 15) is 0 Å². The maximum absolute atomic E-state index is 2.64. The lowest BCUT2D eigenvalue weighted by Crippen LogP contribution is -2.26. The van der Waals surface area contributed by atoms with Gasteiger partial charge in [0.1, 0.15) is 0 Å². The molecule has 0 bridgehead atoms. The first-order valence-electron chi connectivity index (χ1n) is 15.8. The van der Waals surface area contributed by atoms with Gasteiger partial charge in [0, 0.05) is 22.1 Å². The van der Waals surface area contributed by atoms with Crippen molar-refractivity contribution in [1.82, 2.24) is 0 Å². The van der Waals surface area contributed by atoms with Crippen molar-refractivity contribution in [2.45, 2.75) is 12.1 Å². The van der Waals surface area contributed by atoms with Gasteiger partial charge in [-0.3, -0.25) is 0 Å². The van der Waals surface area contributed by atoms with Crippen LogP contribution in [0.3, 0.4) is 0 Å².